The lowest BCUT2D eigenvalue weighted by atomic mass is 10.1. The van der Waals surface area contributed by atoms with Crippen LogP contribution in [0, 0.1) is 18.3 Å². The van der Waals surface area contributed by atoms with Crippen molar-refractivity contribution in [2.24, 2.45) is 0 Å². The van der Waals surface area contributed by atoms with Crippen LogP contribution in [0.3, 0.4) is 0 Å². The van der Waals surface area contributed by atoms with Gasteiger partial charge in [0.25, 0.3) is 0 Å². The zero-order valence-electron chi connectivity index (χ0n) is 9.62. The van der Waals surface area contributed by atoms with E-state index >= 15 is 0 Å². The maximum atomic E-state index is 8.72. The maximum Gasteiger partial charge on any atom is 0.0991 e. The standard InChI is InChI=1S/C12H16N2O2/c1-10-7-11(8-13)3-4-12(10)9-14-16-6-5-15-2/h3-4,7,14H,5-6,9H2,1-2H3. The van der Waals surface area contributed by atoms with Gasteiger partial charge in [0, 0.05) is 13.7 Å². The van der Waals surface area contributed by atoms with Crippen LogP contribution in [-0.4, -0.2) is 20.3 Å². The second kappa shape index (κ2) is 6.96. The number of rotatable bonds is 6. The number of aryl methyl sites for hydroxylation is 1. The van der Waals surface area contributed by atoms with Crippen LogP contribution in [0.15, 0.2) is 18.2 Å². The molecular formula is C12H16N2O2. The Morgan fingerprint density at radius 3 is 2.81 bits per heavy atom. The minimum atomic E-state index is 0.520. The van der Waals surface area contributed by atoms with E-state index in [1.165, 1.54) is 0 Å². The van der Waals surface area contributed by atoms with E-state index in [2.05, 4.69) is 11.5 Å². The summed E-state index contributed by atoms with van der Waals surface area (Å²) in [5, 5.41) is 8.72. The summed E-state index contributed by atoms with van der Waals surface area (Å²) >= 11 is 0. The molecule has 0 saturated heterocycles. The van der Waals surface area contributed by atoms with Gasteiger partial charge < -0.3 is 4.74 Å². The number of nitrogens with zero attached hydrogens (tertiary/aromatic N) is 1. The fourth-order valence-electron chi connectivity index (χ4n) is 1.29. The third-order valence-electron chi connectivity index (χ3n) is 2.23. The van der Waals surface area contributed by atoms with Gasteiger partial charge in [-0.3, -0.25) is 4.84 Å². The molecular weight excluding hydrogens is 204 g/mol. The highest BCUT2D eigenvalue weighted by atomic mass is 16.7. The molecule has 0 atom stereocenters. The topological polar surface area (TPSA) is 54.3 Å². The molecule has 0 aromatic heterocycles. The summed E-state index contributed by atoms with van der Waals surface area (Å²) in [4.78, 5) is 5.15. The Kier molecular flexibility index (Phi) is 5.51. The summed E-state index contributed by atoms with van der Waals surface area (Å²) < 4.78 is 4.85. The van der Waals surface area contributed by atoms with Crippen LogP contribution in [0.25, 0.3) is 0 Å². The van der Waals surface area contributed by atoms with Gasteiger partial charge in [-0.1, -0.05) is 6.07 Å². The lowest BCUT2D eigenvalue weighted by molar-refractivity contribution is 0.00339. The van der Waals surface area contributed by atoms with Gasteiger partial charge in [-0.15, -0.1) is 0 Å². The predicted molar refractivity (Wildman–Crippen MR) is 60.6 cm³/mol. The van der Waals surface area contributed by atoms with E-state index in [0.29, 0.717) is 25.3 Å². The van der Waals surface area contributed by atoms with E-state index < -0.39 is 0 Å². The molecule has 0 fully saturated rings. The Bertz CT molecular complexity index is 372. The van der Waals surface area contributed by atoms with Crippen molar-refractivity contribution in [2.75, 3.05) is 20.3 Å². The molecule has 1 N–H and O–H groups in total. The third-order valence-corrected chi connectivity index (χ3v) is 2.23. The van der Waals surface area contributed by atoms with Crippen LogP contribution < -0.4 is 5.48 Å². The van der Waals surface area contributed by atoms with Gasteiger partial charge in [0.05, 0.1) is 24.8 Å². The highest BCUT2D eigenvalue weighted by Gasteiger charge is 1.99. The molecule has 4 heteroatoms. The molecule has 0 aliphatic carbocycles. The molecule has 0 bridgehead atoms. The number of benzene rings is 1. The van der Waals surface area contributed by atoms with Crippen LogP contribution in [-0.2, 0) is 16.1 Å². The Balaban J connectivity index is 2.40. The van der Waals surface area contributed by atoms with Crippen molar-refractivity contribution >= 4 is 0 Å². The van der Waals surface area contributed by atoms with Gasteiger partial charge in [-0.05, 0) is 30.2 Å². The molecule has 1 aromatic carbocycles. The van der Waals surface area contributed by atoms with Crippen molar-refractivity contribution in [1.29, 1.82) is 5.26 Å². The maximum absolute atomic E-state index is 8.72. The normalized spacial score (nSPS) is 10.1. The van der Waals surface area contributed by atoms with Crippen LogP contribution in [0.4, 0.5) is 0 Å². The highest BCUT2D eigenvalue weighted by molar-refractivity contribution is 5.37. The fraction of sp³-hybridized carbons (Fsp3) is 0.417. The summed E-state index contributed by atoms with van der Waals surface area (Å²) in [7, 11) is 1.63. The summed E-state index contributed by atoms with van der Waals surface area (Å²) in [6.45, 7) is 3.69. The van der Waals surface area contributed by atoms with Crippen molar-refractivity contribution in [1.82, 2.24) is 5.48 Å². The molecule has 0 amide bonds. The molecule has 0 heterocycles. The molecule has 0 unspecified atom stereocenters. The second-order valence-corrected chi connectivity index (χ2v) is 3.42. The average Bonchev–Trinajstić information content (AvgIpc) is 2.30. The smallest absolute Gasteiger partial charge is 0.0991 e. The Morgan fingerprint density at radius 2 is 2.19 bits per heavy atom. The number of hydrogen-bond acceptors (Lipinski definition) is 4. The zero-order valence-corrected chi connectivity index (χ0v) is 9.62. The highest BCUT2D eigenvalue weighted by Crippen LogP contribution is 2.10. The van der Waals surface area contributed by atoms with Gasteiger partial charge in [-0.2, -0.15) is 10.7 Å². The zero-order chi connectivity index (χ0) is 11.8. The van der Waals surface area contributed by atoms with E-state index in [-0.39, 0.29) is 0 Å². The van der Waals surface area contributed by atoms with Crippen molar-refractivity contribution in [3.05, 3.63) is 34.9 Å². The summed E-state index contributed by atoms with van der Waals surface area (Å²) in [5.41, 5.74) is 5.74. The monoisotopic (exact) mass is 220 g/mol. The fourth-order valence-corrected chi connectivity index (χ4v) is 1.29. The molecule has 0 aliphatic rings. The first-order valence-electron chi connectivity index (χ1n) is 5.11. The first-order chi connectivity index (χ1) is 7.77. The molecule has 86 valence electrons. The molecule has 1 rings (SSSR count). The Hall–Kier alpha value is -1.41. The van der Waals surface area contributed by atoms with E-state index in [1.54, 1.807) is 13.2 Å². The van der Waals surface area contributed by atoms with E-state index in [1.807, 2.05) is 19.1 Å². The number of nitrogens with one attached hydrogen (secondary N) is 1. The van der Waals surface area contributed by atoms with Gasteiger partial charge in [-0.25, -0.2) is 0 Å². The molecule has 4 nitrogen and oxygen atoms in total. The van der Waals surface area contributed by atoms with E-state index in [0.717, 1.165) is 11.1 Å². The van der Waals surface area contributed by atoms with Gasteiger partial charge in [0.2, 0.25) is 0 Å². The van der Waals surface area contributed by atoms with Crippen LogP contribution in [0.5, 0.6) is 0 Å². The molecule has 0 saturated carbocycles. The van der Waals surface area contributed by atoms with Crippen LogP contribution >= 0.6 is 0 Å². The molecule has 1 aromatic rings. The number of methoxy groups -OCH3 is 1. The quantitative estimate of drug-likeness (QED) is 0.583. The average molecular weight is 220 g/mol. The Morgan fingerprint density at radius 1 is 1.38 bits per heavy atom. The predicted octanol–water partition coefficient (Wildman–Crippen LogP) is 1.53. The summed E-state index contributed by atoms with van der Waals surface area (Å²) in [6, 6.07) is 7.71. The van der Waals surface area contributed by atoms with Crippen molar-refractivity contribution in [3.8, 4) is 6.07 Å². The number of hydroxylamine groups is 1. The minimum absolute atomic E-state index is 0.520. The molecule has 16 heavy (non-hydrogen) atoms. The van der Waals surface area contributed by atoms with E-state index in [4.69, 9.17) is 14.8 Å². The molecule has 0 aliphatic heterocycles. The van der Waals surface area contributed by atoms with Crippen molar-refractivity contribution in [3.63, 3.8) is 0 Å². The largest absolute Gasteiger partial charge is 0.382 e. The lowest BCUT2D eigenvalue weighted by Gasteiger charge is -2.08. The first kappa shape index (κ1) is 12.7. The second-order valence-electron chi connectivity index (χ2n) is 3.42. The summed E-state index contributed by atoms with van der Waals surface area (Å²) in [6.07, 6.45) is 0. The minimum Gasteiger partial charge on any atom is -0.382 e. The number of hydrogen-bond donors (Lipinski definition) is 1. The first-order valence-corrected chi connectivity index (χ1v) is 5.11. The number of nitriles is 1. The SMILES string of the molecule is COCCONCc1ccc(C#N)cc1C. The number of ether oxygens (including phenoxy) is 1. The molecule has 0 radical (unpaired) electrons. The van der Waals surface area contributed by atoms with Crippen LogP contribution in [0.1, 0.15) is 16.7 Å². The van der Waals surface area contributed by atoms with Crippen molar-refractivity contribution in [2.45, 2.75) is 13.5 Å². The van der Waals surface area contributed by atoms with Crippen LogP contribution in [0.2, 0.25) is 0 Å². The third kappa shape index (κ3) is 3.99. The van der Waals surface area contributed by atoms with Crippen molar-refractivity contribution < 1.29 is 9.57 Å². The van der Waals surface area contributed by atoms with Gasteiger partial charge >= 0.3 is 0 Å². The van der Waals surface area contributed by atoms with Gasteiger partial charge in [0.15, 0.2) is 0 Å². The molecule has 0 spiro atoms. The van der Waals surface area contributed by atoms with E-state index in [9.17, 15) is 0 Å². The van der Waals surface area contributed by atoms with Gasteiger partial charge in [0.1, 0.15) is 0 Å². The summed E-state index contributed by atoms with van der Waals surface area (Å²) in [5.74, 6) is 0. The lowest BCUT2D eigenvalue weighted by Crippen LogP contribution is -2.17. The Labute approximate surface area is 95.7 Å².